The average Bonchev–Trinajstić information content (AvgIpc) is 2.47. The summed E-state index contributed by atoms with van der Waals surface area (Å²) in [6, 6.07) is 0. The first kappa shape index (κ1) is 14.8. The highest BCUT2D eigenvalue weighted by molar-refractivity contribution is 5.83. The smallest absolute Gasteiger partial charge is 0.230 e. The van der Waals surface area contributed by atoms with Gasteiger partial charge in [-0.15, -0.1) is 0 Å². The summed E-state index contributed by atoms with van der Waals surface area (Å²) in [4.78, 5) is 14.8. The Labute approximate surface area is 116 Å². The molecule has 0 spiro atoms. The molecule has 2 aliphatic heterocycles. The number of amides is 1. The third-order valence-electron chi connectivity index (χ3n) is 5.11. The lowest BCUT2D eigenvalue weighted by Gasteiger charge is -2.42. The maximum absolute atomic E-state index is 12.8. The first-order valence-corrected chi connectivity index (χ1v) is 7.77. The van der Waals surface area contributed by atoms with E-state index in [9.17, 15) is 9.90 Å². The monoisotopic (exact) mass is 268 g/mol. The van der Waals surface area contributed by atoms with Gasteiger partial charge in [-0.05, 0) is 51.5 Å². The topological polar surface area (TPSA) is 52.6 Å². The molecule has 4 heteroatoms. The van der Waals surface area contributed by atoms with E-state index in [4.69, 9.17) is 0 Å². The fourth-order valence-electron chi connectivity index (χ4n) is 3.52. The normalized spacial score (nSPS) is 31.2. The first-order valence-electron chi connectivity index (χ1n) is 7.77. The van der Waals surface area contributed by atoms with E-state index in [1.165, 1.54) is 0 Å². The van der Waals surface area contributed by atoms with Gasteiger partial charge in [-0.3, -0.25) is 4.79 Å². The third-order valence-corrected chi connectivity index (χ3v) is 5.11. The standard InChI is InChI=1S/C15H28N2O2/c1-3-15(7-4-8-16-11-15)14(19)17-9-5-13(6-10-17)12(2)18/h12-13,16,18H,3-11H2,1-2H3. The second kappa shape index (κ2) is 6.23. The van der Waals surface area contributed by atoms with Crippen molar-refractivity contribution in [3.63, 3.8) is 0 Å². The highest BCUT2D eigenvalue weighted by Gasteiger charge is 2.41. The van der Waals surface area contributed by atoms with Gasteiger partial charge in [0.05, 0.1) is 11.5 Å². The minimum absolute atomic E-state index is 0.171. The lowest BCUT2D eigenvalue weighted by molar-refractivity contribution is -0.145. The van der Waals surface area contributed by atoms with Crippen LogP contribution in [0, 0.1) is 11.3 Å². The van der Waals surface area contributed by atoms with Gasteiger partial charge in [0.15, 0.2) is 0 Å². The van der Waals surface area contributed by atoms with Gasteiger partial charge in [0.25, 0.3) is 0 Å². The summed E-state index contributed by atoms with van der Waals surface area (Å²) in [6.45, 7) is 7.50. The minimum Gasteiger partial charge on any atom is -0.393 e. The maximum Gasteiger partial charge on any atom is 0.230 e. The predicted octanol–water partition coefficient (Wildman–Crippen LogP) is 1.39. The van der Waals surface area contributed by atoms with Crippen LogP contribution in [0.4, 0.5) is 0 Å². The highest BCUT2D eigenvalue weighted by atomic mass is 16.3. The molecular formula is C15H28N2O2. The van der Waals surface area contributed by atoms with Crippen molar-refractivity contribution in [1.82, 2.24) is 10.2 Å². The molecule has 4 nitrogen and oxygen atoms in total. The highest BCUT2D eigenvalue weighted by Crippen LogP contribution is 2.34. The molecule has 0 radical (unpaired) electrons. The van der Waals surface area contributed by atoms with Crippen LogP contribution in [0.2, 0.25) is 0 Å². The Morgan fingerprint density at radius 2 is 2.16 bits per heavy atom. The quantitative estimate of drug-likeness (QED) is 0.813. The second-order valence-electron chi connectivity index (χ2n) is 6.28. The number of piperidine rings is 2. The minimum atomic E-state index is -0.242. The number of likely N-dealkylation sites (tertiary alicyclic amines) is 1. The molecule has 0 saturated carbocycles. The number of nitrogens with one attached hydrogen (secondary N) is 1. The fraction of sp³-hybridized carbons (Fsp3) is 0.933. The van der Waals surface area contributed by atoms with E-state index < -0.39 is 0 Å². The van der Waals surface area contributed by atoms with Gasteiger partial charge in [0.2, 0.25) is 5.91 Å². The van der Waals surface area contributed by atoms with Crippen LogP contribution in [-0.4, -0.2) is 48.2 Å². The average molecular weight is 268 g/mol. The molecule has 2 N–H and O–H groups in total. The van der Waals surface area contributed by atoms with Gasteiger partial charge in [-0.2, -0.15) is 0 Å². The van der Waals surface area contributed by atoms with Gasteiger partial charge in [-0.25, -0.2) is 0 Å². The molecular weight excluding hydrogens is 240 g/mol. The molecule has 0 aromatic heterocycles. The Hall–Kier alpha value is -0.610. The molecule has 110 valence electrons. The first-order chi connectivity index (χ1) is 9.09. The van der Waals surface area contributed by atoms with Gasteiger partial charge in [-0.1, -0.05) is 6.92 Å². The molecule has 19 heavy (non-hydrogen) atoms. The molecule has 1 amide bonds. The van der Waals surface area contributed by atoms with E-state index in [0.29, 0.717) is 11.8 Å². The number of carbonyl (C=O) groups excluding carboxylic acids is 1. The summed E-state index contributed by atoms with van der Waals surface area (Å²) < 4.78 is 0. The van der Waals surface area contributed by atoms with E-state index in [0.717, 1.165) is 58.3 Å². The van der Waals surface area contributed by atoms with Gasteiger partial charge < -0.3 is 15.3 Å². The van der Waals surface area contributed by atoms with Crippen LogP contribution in [0.1, 0.15) is 46.0 Å². The molecule has 0 aliphatic carbocycles. The van der Waals surface area contributed by atoms with Crippen LogP contribution in [0.25, 0.3) is 0 Å². The Morgan fingerprint density at radius 3 is 2.63 bits per heavy atom. The second-order valence-corrected chi connectivity index (χ2v) is 6.28. The molecule has 2 saturated heterocycles. The third kappa shape index (κ3) is 3.11. The van der Waals surface area contributed by atoms with Crippen molar-refractivity contribution in [2.75, 3.05) is 26.2 Å². The van der Waals surface area contributed by atoms with E-state index in [2.05, 4.69) is 12.2 Å². The summed E-state index contributed by atoms with van der Waals surface area (Å²) in [7, 11) is 0. The predicted molar refractivity (Wildman–Crippen MR) is 75.8 cm³/mol. The lowest BCUT2D eigenvalue weighted by Crippen LogP contribution is -2.53. The largest absolute Gasteiger partial charge is 0.393 e. The fourth-order valence-corrected chi connectivity index (χ4v) is 3.52. The summed E-state index contributed by atoms with van der Waals surface area (Å²) in [5.74, 6) is 0.706. The summed E-state index contributed by atoms with van der Waals surface area (Å²) in [5, 5.41) is 13.0. The summed E-state index contributed by atoms with van der Waals surface area (Å²) >= 11 is 0. The number of hydrogen-bond acceptors (Lipinski definition) is 3. The molecule has 2 rings (SSSR count). The number of aliphatic hydroxyl groups excluding tert-OH is 1. The zero-order valence-corrected chi connectivity index (χ0v) is 12.3. The van der Waals surface area contributed by atoms with Crippen molar-refractivity contribution in [3.8, 4) is 0 Å². The van der Waals surface area contributed by atoms with Crippen LogP contribution in [-0.2, 0) is 4.79 Å². The summed E-state index contributed by atoms with van der Waals surface area (Å²) in [6.07, 6.45) is 4.69. The molecule has 2 aliphatic rings. The molecule has 0 aromatic rings. The van der Waals surface area contributed by atoms with Crippen molar-refractivity contribution < 1.29 is 9.90 Å². The van der Waals surface area contributed by atoms with E-state index in [1.54, 1.807) is 0 Å². The number of nitrogens with zero attached hydrogens (tertiary/aromatic N) is 1. The van der Waals surface area contributed by atoms with Crippen molar-refractivity contribution in [1.29, 1.82) is 0 Å². The molecule has 0 bridgehead atoms. The van der Waals surface area contributed by atoms with Crippen LogP contribution < -0.4 is 5.32 Å². The molecule has 2 heterocycles. The van der Waals surface area contributed by atoms with Crippen LogP contribution in [0.15, 0.2) is 0 Å². The van der Waals surface area contributed by atoms with Gasteiger partial charge in [0, 0.05) is 19.6 Å². The Morgan fingerprint density at radius 1 is 1.47 bits per heavy atom. The van der Waals surface area contributed by atoms with Crippen molar-refractivity contribution in [3.05, 3.63) is 0 Å². The van der Waals surface area contributed by atoms with Gasteiger partial charge >= 0.3 is 0 Å². The number of carbonyl (C=O) groups is 1. The zero-order valence-electron chi connectivity index (χ0n) is 12.3. The number of hydrogen-bond donors (Lipinski definition) is 2. The summed E-state index contributed by atoms with van der Waals surface area (Å²) in [5.41, 5.74) is -0.171. The van der Waals surface area contributed by atoms with E-state index in [1.807, 2.05) is 11.8 Å². The lowest BCUT2D eigenvalue weighted by atomic mass is 9.76. The number of aliphatic hydroxyl groups is 1. The zero-order chi connectivity index (χ0) is 13.9. The molecule has 0 aromatic carbocycles. The van der Waals surface area contributed by atoms with E-state index in [-0.39, 0.29) is 11.5 Å². The van der Waals surface area contributed by atoms with Crippen LogP contribution in [0.3, 0.4) is 0 Å². The van der Waals surface area contributed by atoms with Crippen molar-refractivity contribution in [2.24, 2.45) is 11.3 Å². The van der Waals surface area contributed by atoms with Gasteiger partial charge in [0.1, 0.15) is 0 Å². The Bertz CT molecular complexity index is 303. The molecule has 2 unspecified atom stereocenters. The van der Waals surface area contributed by atoms with Crippen LogP contribution in [0.5, 0.6) is 0 Å². The molecule has 2 fully saturated rings. The maximum atomic E-state index is 12.8. The molecule has 2 atom stereocenters. The van der Waals surface area contributed by atoms with Crippen molar-refractivity contribution in [2.45, 2.75) is 52.1 Å². The van der Waals surface area contributed by atoms with Crippen molar-refractivity contribution >= 4 is 5.91 Å². The Balaban J connectivity index is 1.96. The Kier molecular flexibility index (Phi) is 4.85. The number of rotatable bonds is 3. The SMILES string of the molecule is CCC1(C(=O)N2CCC(C(C)O)CC2)CCCNC1. The van der Waals surface area contributed by atoms with E-state index >= 15 is 0 Å². The van der Waals surface area contributed by atoms with Crippen LogP contribution >= 0.6 is 0 Å².